The standard InChI is InChI=1S/C61H115NO5/c1-3-5-7-9-11-13-15-17-19-20-21-22-23-24-25-26-27-28-29-30-31-32-33-34-35-36-37-38-39-41-43-45-47-49-51-53-55-59(65)61(67)62-57(56-63)60(66)58(64)54-52-50-48-46-44-42-40-18-16-14-12-10-8-6-4-2/h18,25-26,28-29,40,46,48,57-60,63-66H,3-17,19-24,27,30-39,41-45,47,49-56H2,1-2H3,(H,62,67)/b26-25-,29-28-,40-18+,48-46+. The van der Waals surface area contributed by atoms with Gasteiger partial charge in [-0.1, -0.05) is 268 Å². The molecule has 0 saturated carbocycles. The van der Waals surface area contributed by atoms with Crippen LogP contribution in [-0.2, 0) is 4.79 Å². The molecule has 5 N–H and O–H groups in total. The Kier molecular flexibility index (Phi) is 53.8. The molecule has 4 unspecified atom stereocenters. The van der Waals surface area contributed by atoms with E-state index in [-0.39, 0.29) is 0 Å². The van der Waals surface area contributed by atoms with Crippen LogP contribution in [0.1, 0.15) is 303 Å². The van der Waals surface area contributed by atoms with E-state index in [0.29, 0.717) is 19.3 Å². The fraction of sp³-hybridized carbons (Fsp3) is 0.852. The number of rotatable bonds is 54. The highest BCUT2D eigenvalue weighted by Gasteiger charge is 2.28. The van der Waals surface area contributed by atoms with Crippen LogP contribution in [0, 0.1) is 0 Å². The number of nitrogens with one attached hydrogen (secondary N) is 1. The number of hydrogen-bond donors (Lipinski definition) is 5. The Labute approximate surface area is 417 Å². The summed E-state index contributed by atoms with van der Waals surface area (Å²) in [7, 11) is 0. The van der Waals surface area contributed by atoms with Crippen molar-refractivity contribution in [1.29, 1.82) is 0 Å². The lowest BCUT2D eigenvalue weighted by Gasteiger charge is -2.27. The molecule has 0 aromatic carbocycles. The van der Waals surface area contributed by atoms with Crippen LogP contribution in [0.25, 0.3) is 0 Å². The molecule has 6 heteroatoms. The minimum absolute atomic E-state index is 0.360. The summed E-state index contributed by atoms with van der Waals surface area (Å²) in [6.07, 6.45) is 70.6. The van der Waals surface area contributed by atoms with Crippen LogP contribution in [0.2, 0.25) is 0 Å². The predicted molar refractivity (Wildman–Crippen MR) is 293 cm³/mol. The van der Waals surface area contributed by atoms with E-state index in [2.05, 4.69) is 67.8 Å². The zero-order valence-electron chi connectivity index (χ0n) is 44.7. The zero-order chi connectivity index (χ0) is 48.8. The number of aliphatic hydroxyl groups excluding tert-OH is 4. The minimum atomic E-state index is -1.29. The van der Waals surface area contributed by atoms with Gasteiger partial charge in [0.1, 0.15) is 12.2 Å². The molecule has 0 spiro atoms. The molecule has 0 bridgehead atoms. The molecular weight excluding hydrogens is 827 g/mol. The number of amides is 1. The molecule has 0 aliphatic rings. The first kappa shape index (κ1) is 65.3. The Bertz CT molecular complexity index is 1100. The summed E-state index contributed by atoms with van der Waals surface area (Å²) < 4.78 is 0. The molecule has 1 amide bonds. The Morgan fingerprint density at radius 3 is 1.03 bits per heavy atom. The minimum Gasteiger partial charge on any atom is -0.394 e. The Hall–Kier alpha value is -1.73. The molecule has 0 rings (SSSR count). The maximum absolute atomic E-state index is 12.6. The van der Waals surface area contributed by atoms with E-state index in [1.165, 1.54) is 225 Å². The van der Waals surface area contributed by atoms with E-state index in [9.17, 15) is 25.2 Å². The molecule has 0 radical (unpaired) electrons. The molecule has 394 valence electrons. The molecule has 0 heterocycles. The highest BCUT2D eigenvalue weighted by Crippen LogP contribution is 2.17. The van der Waals surface area contributed by atoms with Crippen LogP contribution < -0.4 is 5.32 Å². The molecule has 6 nitrogen and oxygen atoms in total. The summed E-state index contributed by atoms with van der Waals surface area (Å²) in [5.74, 6) is -0.596. The van der Waals surface area contributed by atoms with Gasteiger partial charge in [-0.25, -0.2) is 0 Å². The van der Waals surface area contributed by atoms with E-state index in [1.807, 2.05) is 0 Å². The van der Waals surface area contributed by atoms with Crippen LogP contribution in [0.5, 0.6) is 0 Å². The van der Waals surface area contributed by atoms with Crippen molar-refractivity contribution < 1.29 is 25.2 Å². The quantitative estimate of drug-likeness (QED) is 0.0308. The van der Waals surface area contributed by atoms with Crippen molar-refractivity contribution in [3.05, 3.63) is 48.6 Å². The van der Waals surface area contributed by atoms with Crippen molar-refractivity contribution >= 4 is 5.91 Å². The van der Waals surface area contributed by atoms with Crippen LogP contribution >= 0.6 is 0 Å². The predicted octanol–water partition coefficient (Wildman–Crippen LogP) is 17.4. The van der Waals surface area contributed by atoms with Gasteiger partial charge in [0.05, 0.1) is 18.8 Å². The lowest BCUT2D eigenvalue weighted by Crippen LogP contribution is -2.53. The fourth-order valence-electron chi connectivity index (χ4n) is 9.10. The van der Waals surface area contributed by atoms with Gasteiger partial charge in [-0.3, -0.25) is 4.79 Å². The van der Waals surface area contributed by atoms with Crippen molar-refractivity contribution in [2.24, 2.45) is 0 Å². The van der Waals surface area contributed by atoms with Gasteiger partial charge in [0, 0.05) is 0 Å². The highest BCUT2D eigenvalue weighted by molar-refractivity contribution is 5.80. The van der Waals surface area contributed by atoms with E-state index in [0.717, 1.165) is 44.9 Å². The number of unbranched alkanes of at least 4 members (excludes halogenated alkanes) is 37. The van der Waals surface area contributed by atoms with Gasteiger partial charge in [0.15, 0.2) is 0 Å². The Balaban J connectivity index is 3.58. The normalized spacial score (nSPS) is 14.1. The lowest BCUT2D eigenvalue weighted by molar-refractivity contribution is -0.132. The second kappa shape index (κ2) is 55.2. The topological polar surface area (TPSA) is 110 Å². The molecule has 0 fully saturated rings. The smallest absolute Gasteiger partial charge is 0.249 e. The van der Waals surface area contributed by atoms with Crippen LogP contribution in [0.3, 0.4) is 0 Å². The van der Waals surface area contributed by atoms with Crippen LogP contribution in [0.4, 0.5) is 0 Å². The van der Waals surface area contributed by atoms with Crippen molar-refractivity contribution in [1.82, 2.24) is 5.32 Å². The molecule has 4 atom stereocenters. The molecular formula is C61H115NO5. The van der Waals surface area contributed by atoms with Crippen molar-refractivity contribution in [3.63, 3.8) is 0 Å². The lowest BCUT2D eigenvalue weighted by atomic mass is 10.00. The second-order valence-corrected chi connectivity index (χ2v) is 20.3. The fourth-order valence-corrected chi connectivity index (χ4v) is 9.10. The first-order valence-electron chi connectivity index (χ1n) is 29.5. The monoisotopic (exact) mass is 942 g/mol. The number of aliphatic hydroxyl groups is 4. The van der Waals surface area contributed by atoms with Gasteiger partial charge in [0.25, 0.3) is 0 Å². The largest absolute Gasteiger partial charge is 0.394 e. The number of carbonyl (C=O) groups is 1. The summed E-state index contributed by atoms with van der Waals surface area (Å²) in [5, 5.41) is 43.9. The molecule has 0 aromatic rings. The second-order valence-electron chi connectivity index (χ2n) is 20.3. The van der Waals surface area contributed by atoms with Gasteiger partial charge >= 0.3 is 0 Å². The van der Waals surface area contributed by atoms with E-state index >= 15 is 0 Å². The third-order valence-corrected chi connectivity index (χ3v) is 13.7. The van der Waals surface area contributed by atoms with Gasteiger partial charge < -0.3 is 25.7 Å². The Morgan fingerprint density at radius 2 is 0.672 bits per heavy atom. The molecule has 0 saturated heterocycles. The summed E-state index contributed by atoms with van der Waals surface area (Å²) in [4.78, 5) is 12.6. The van der Waals surface area contributed by atoms with Gasteiger partial charge in [-0.15, -0.1) is 0 Å². The average molecular weight is 943 g/mol. The number of hydrogen-bond acceptors (Lipinski definition) is 5. The summed E-state index contributed by atoms with van der Waals surface area (Å²) >= 11 is 0. The van der Waals surface area contributed by atoms with E-state index in [1.54, 1.807) is 0 Å². The summed E-state index contributed by atoms with van der Waals surface area (Å²) in [6.45, 7) is 4.05. The van der Waals surface area contributed by atoms with Gasteiger partial charge in [0.2, 0.25) is 5.91 Å². The molecule has 0 aliphatic carbocycles. The Morgan fingerprint density at radius 1 is 0.373 bits per heavy atom. The average Bonchev–Trinajstić information content (AvgIpc) is 3.33. The molecule has 0 aliphatic heterocycles. The number of allylic oxidation sites excluding steroid dienone is 8. The third kappa shape index (κ3) is 49.1. The highest BCUT2D eigenvalue weighted by atomic mass is 16.3. The maximum atomic E-state index is 12.6. The molecule has 67 heavy (non-hydrogen) atoms. The van der Waals surface area contributed by atoms with Crippen LogP contribution in [-0.4, -0.2) is 57.3 Å². The maximum Gasteiger partial charge on any atom is 0.249 e. The summed E-state index contributed by atoms with van der Waals surface area (Å²) in [6, 6.07) is -1.01. The van der Waals surface area contributed by atoms with Crippen molar-refractivity contribution in [2.45, 2.75) is 327 Å². The van der Waals surface area contributed by atoms with E-state index < -0.39 is 36.9 Å². The number of carbonyl (C=O) groups excluding carboxylic acids is 1. The van der Waals surface area contributed by atoms with Gasteiger partial charge in [-0.2, -0.15) is 0 Å². The van der Waals surface area contributed by atoms with Gasteiger partial charge in [-0.05, 0) is 83.5 Å². The third-order valence-electron chi connectivity index (χ3n) is 13.7. The van der Waals surface area contributed by atoms with Crippen molar-refractivity contribution in [3.8, 4) is 0 Å². The summed E-state index contributed by atoms with van der Waals surface area (Å²) in [5.41, 5.74) is 0. The molecule has 0 aromatic heterocycles. The zero-order valence-corrected chi connectivity index (χ0v) is 44.7. The van der Waals surface area contributed by atoms with E-state index in [4.69, 9.17) is 0 Å². The van der Waals surface area contributed by atoms with Crippen molar-refractivity contribution in [2.75, 3.05) is 6.61 Å². The first-order valence-corrected chi connectivity index (χ1v) is 29.5. The van der Waals surface area contributed by atoms with Crippen LogP contribution in [0.15, 0.2) is 48.6 Å². The SMILES string of the molecule is CCCCCCCC/C=C/CC/C=C/CCCC(O)C(O)C(CO)NC(=O)C(O)CCCCCCCCCCCCCCCCCC/C=C\C/C=C\CCCCCCCCCCCCCCC. The first-order chi connectivity index (χ1) is 33.0.